The quantitative estimate of drug-likeness (QED) is 0.787. The second-order valence-corrected chi connectivity index (χ2v) is 4.09. The lowest BCUT2D eigenvalue weighted by atomic mass is 10.3. The summed E-state index contributed by atoms with van der Waals surface area (Å²) < 4.78 is 26.2. The van der Waals surface area contributed by atoms with Crippen molar-refractivity contribution in [3.8, 4) is 0 Å². The van der Waals surface area contributed by atoms with Gasteiger partial charge in [0.2, 0.25) is 0 Å². The summed E-state index contributed by atoms with van der Waals surface area (Å²) in [6.45, 7) is 1.73. The molecule has 1 aromatic heterocycles. The molecule has 0 unspecified atom stereocenters. The number of aromatic nitrogens is 2. The molecule has 1 heterocycles. The number of hydrogen-bond acceptors (Lipinski definition) is 2. The summed E-state index contributed by atoms with van der Waals surface area (Å²) in [5, 5.41) is 0. The van der Waals surface area contributed by atoms with E-state index in [0.717, 1.165) is 6.07 Å². The lowest BCUT2D eigenvalue weighted by molar-refractivity contribution is 0.506. The maximum absolute atomic E-state index is 13.2. The average molecular weight is 276 g/mol. The van der Waals surface area contributed by atoms with Crippen molar-refractivity contribution >= 4 is 27.0 Å². The van der Waals surface area contributed by atoms with E-state index in [4.69, 9.17) is 5.73 Å². The molecule has 2 aromatic rings. The van der Waals surface area contributed by atoms with Gasteiger partial charge in [0, 0.05) is 6.07 Å². The van der Waals surface area contributed by atoms with Crippen LogP contribution in [0.1, 0.15) is 18.8 Å². The highest BCUT2D eigenvalue weighted by Gasteiger charge is 2.15. The zero-order valence-electron chi connectivity index (χ0n) is 7.81. The minimum atomic E-state index is -0.940. The second-order valence-electron chi connectivity index (χ2n) is 3.29. The van der Waals surface area contributed by atoms with Crippen molar-refractivity contribution in [1.29, 1.82) is 0 Å². The Balaban J connectivity index is 2.76. The van der Waals surface area contributed by atoms with E-state index in [1.807, 2.05) is 0 Å². The number of rotatable bonds is 1. The lowest BCUT2D eigenvalue weighted by Gasteiger charge is -1.96. The van der Waals surface area contributed by atoms with Crippen molar-refractivity contribution in [2.24, 2.45) is 5.73 Å². The van der Waals surface area contributed by atoms with Crippen molar-refractivity contribution in [3.63, 3.8) is 0 Å². The first kappa shape index (κ1) is 10.5. The molecule has 0 bridgehead atoms. The number of nitrogens with one attached hydrogen (secondary N) is 1. The number of halogens is 3. The van der Waals surface area contributed by atoms with Gasteiger partial charge < -0.3 is 10.7 Å². The molecule has 0 saturated carbocycles. The number of nitrogens with zero attached hydrogens (tertiary/aromatic N) is 1. The van der Waals surface area contributed by atoms with Crippen LogP contribution in [0.15, 0.2) is 10.5 Å². The van der Waals surface area contributed by atoms with Gasteiger partial charge in [-0.15, -0.1) is 0 Å². The van der Waals surface area contributed by atoms with Crippen molar-refractivity contribution in [2.45, 2.75) is 13.0 Å². The van der Waals surface area contributed by atoms with Gasteiger partial charge in [0.05, 0.1) is 16.0 Å². The average Bonchev–Trinajstić information content (AvgIpc) is 2.58. The maximum Gasteiger partial charge on any atom is 0.175 e. The van der Waals surface area contributed by atoms with Crippen LogP contribution in [-0.2, 0) is 0 Å². The third-order valence-electron chi connectivity index (χ3n) is 2.06. The first-order valence-corrected chi connectivity index (χ1v) is 5.08. The van der Waals surface area contributed by atoms with Crippen LogP contribution in [0, 0.1) is 11.6 Å². The van der Waals surface area contributed by atoms with Crippen molar-refractivity contribution in [3.05, 3.63) is 28.0 Å². The molecule has 0 amide bonds. The fraction of sp³-hybridized carbons (Fsp3) is 0.222. The fourth-order valence-corrected chi connectivity index (χ4v) is 1.78. The second kappa shape index (κ2) is 3.53. The van der Waals surface area contributed by atoms with Crippen LogP contribution in [-0.4, -0.2) is 9.97 Å². The summed E-state index contributed by atoms with van der Waals surface area (Å²) in [7, 11) is 0. The van der Waals surface area contributed by atoms with E-state index in [1.165, 1.54) is 0 Å². The number of hydrogen-bond donors (Lipinski definition) is 2. The summed E-state index contributed by atoms with van der Waals surface area (Å²) in [4.78, 5) is 6.91. The molecule has 6 heteroatoms. The highest BCUT2D eigenvalue weighted by molar-refractivity contribution is 9.10. The van der Waals surface area contributed by atoms with Gasteiger partial charge >= 0.3 is 0 Å². The molecule has 3 nitrogen and oxygen atoms in total. The largest absolute Gasteiger partial charge is 0.341 e. The van der Waals surface area contributed by atoms with Crippen molar-refractivity contribution < 1.29 is 8.78 Å². The third kappa shape index (κ3) is 1.63. The number of fused-ring (bicyclic) bond motifs is 1. The van der Waals surface area contributed by atoms with E-state index in [9.17, 15) is 8.78 Å². The fourth-order valence-electron chi connectivity index (χ4n) is 1.29. The molecule has 80 valence electrons. The molecule has 0 saturated heterocycles. The predicted octanol–water partition coefficient (Wildman–Crippen LogP) is 2.62. The van der Waals surface area contributed by atoms with Crippen molar-refractivity contribution in [2.75, 3.05) is 0 Å². The van der Waals surface area contributed by atoms with E-state index >= 15 is 0 Å². The minimum Gasteiger partial charge on any atom is -0.341 e. The molecular weight excluding hydrogens is 268 g/mol. The highest BCUT2D eigenvalue weighted by Crippen LogP contribution is 2.28. The van der Waals surface area contributed by atoms with Crippen LogP contribution in [0.2, 0.25) is 0 Å². The Morgan fingerprint density at radius 1 is 1.53 bits per heavy atom. The van der Waals surface area contributed by atoms with Gasteiger partial charge in [-0.25, -0.2) is 13.8 Å². The van der Waals surface area contributed by atoms with E-state index in [-0.39, 0.29) is 10.5 Å². The zero-order chi connectivity index (χ0) is 11.2. The van der Waals surface area contributed by atoms with Gasteiger partial charge in [-0.05, 0) is 22.9 Å². The zero-order valence-corrected chi connectivity index (χ0v) is 9.40. The Morgan fingerprint density at radius 3 is 2.80 bits per heavy atom. The highest BCUT2D eigenvalue weighted by atomic mass is 79.9. The molecule has 0 fully saturated rings. The summed E-state index contributed by atoms with van der Waals surface area (Å²) in [5.74, 6) is -1.37. The summed E-state index contributed by atoms with van der Waals surface area (Å²) in [6, 6.07) is 0.754. The van der Waals surface area contributed by atoms with E-state index < -0.39 is 11.6 Å². The topological polar surface area (TPSA) is 54.7 Å². The molecule has 15 heavy (non-hydrogen) atoms. The molecule has 0 radical (unpaired) electrons. The van der Waals surface area contributed by atoms with Gasteiger partial charge in [0.1, 0.15) is 11.3 Å². The van der Waals surface area contributed by atoms with Crippen LogP contribution in [0.5, 0.6) is 0 Å². The third-order valence-corrected chi connectivity index (χ3v) is 2.79. The van der Waals surface area contributed by atoms with Crippen LogP contribution in [0.25, 0.3) is 11.0 Å². The maximum atomic E-state index is 13.2. The minimum absolute atomic E-state index is 0.0145. The monoisotopic (exact) mass is 275 g/mol. The van der Waals surface area contributed by atoms with E-state index in [2.05, 4.69) is 25.9 Å². The smallest absolute Gasteiger partial charge is 0.175 e. The molecule has 2 rings (SSSR count). The number of H-pyrrole nitrogens is 1. The normalized spacial score (nSPS) is 13.4. The molecule has 3 N–H and O–H groups in total. The number of aromatic amines is 1. The molecule has 1 aromatic carbocycles. The van der Waals surface area contributed by atoms with Gasteiger partial charge in [0.25, 0.3) is 0 Å². The van der Waals surface area contributed by atoms with Crippen LogP contribution < -0.4 is 5.73 Å². The van der Waals surface area contributed by atoms with Gasteiger partial charge in [-0.3, -0.25) is 0 Å². The first-order valence-electron chi connectivity index (χ1n) is 4.29. The Labute approximate surface area is 92.8 Å². The van der Waals surface area contributed by atoms with Crippen LogP contribution in [0.4, 0.5) is 8.78 Å². The number of nitrogens with two attached hydrogens (primary N) is 1. The number of benzene rings is 1. The van der Waals surface area contributed by atoms with Crippen LogP contribution >= 0.6 is 15.9 Å². The Bertz CT molecular complexity index is 522. The molecule has 0 aliphatic carbocycles. The van der Waals surface area contributed by atoms with Gasteiger partial charge in [0.15, 0.2) is 11.6 Å². The molecule has 0 aliphatic heterocycles. The first-order chi connectivity index (χ1) is 7.00. The van der Waals surface area contributed by atoms with E-state index in [1.54, 1.807) is 6.92 Å². The van der Waals surface area contributed by atoms with Crippen molar-refractivity contribution in [1.82, 2.24) is 9.97 Å². The molecule has 0 aliphatic rings. The molecule has 1 atom stereocenters. The van der Waals surface area contributed by atoms with E-state index in [0.29, 0.717) is 16.9 Å². The Morgan fingerprint density at radius 2 is 2.20 bits per heavy atom. The lowest BCUT2D eigenvalue weighted by Crippen LogP contribution is -2.06. The summed E-state index contributed by atoms with van der Waals surface area (Å²) in [6.07, 6.45) is 0. The standard InChI is InChI=1S/C9H8BrF2N3/c1-3(13)9-14-5-2-4(11)7(12)6(10)8(5)15-9/h2-3H,13H2,1H3,(H,14,15)/t3-/m1/s1. The molecule has 0 spiro atoms. The van der Waals surface area contributed by atoms with Gasteiger partial charge in [-0.1, -0.05) is 0 Å². The summed E-state index contributed by atoms with van der Waals surface area (Å²) >= 11 is 2.96. The SMILES string of the molecule is C[C@@H](N)c1nc2c(Br)c(F)c(F)cc2[nH]1. The Hall–Kier alpha value is -1.01. The number of imidazole rings is 1. The van der Waals surface area contributed by atoms with Gasteiger partial charge in [-0.2, -0.15) is 0 Å². The summed E-state index contributed by atoms with van der Waals surface area (Å²) in [5.41, 5.74) is 6.38. The molecular formula is C9H8BrF2N3. The predicted molar refractivity (Wildman–Crippen MR) is 56.3 cm³/mol. The van der Waals surface area contributed by atoms with Crippen LogP contribution in [0.3, 0.4) is 0 Å². The Kier molecular flexibility index (Phi) is 2.47.